The van der Waals surface area contributed by atoms with Crippen LogP contribution in [-0.2, 0) is 19.1 Å². The summed E-state index contributed by atoms with van der Waals surface area (Å²) in [5.41, 5.74) is 7.02. The fraction of sp³-hybridized carbons (Fsp3) is 0. The third-order valence-corrected chi connectivity index (χ3v) is 7.34. The smallest absolute Gasteiger partial charge is 0.363 e. The number of aliphatic imine (C=N–C) groups is 4. The zero-order chi connectivity index (χ0) is 32.7. The Morgan fingerprint density at radius 3 is 1.19 bits per heavy atom. The normalized spacial score (nSPS) is 16.1. The molecule has 0 N–H and O–H groups in total. The van der Waals surface area contributed by atoms with Crippen LogP contribution in [0.25, 0.3) is 12.2 Å². The number of hydrogen-bond donors (Lipinski definition) is 0. The minimum absolute atomic E-state index is 0.263. The van der Waals surface area contributed by atoms with Gasteiger partial charge >= 0.3 is 11.9 Å². The van der Waals surface area contributed by atoms with Gasteiger partial charge in [-0.15, -0.1) is 0 Å². The molecule has 0 aliphatic carbocycles. The Kier molecular flexibility index (Phi) is 8.52. The van der Waals surface area contributed by atoms with Crippen LogP contribution in [0.3, 0.4) is 0 Å². The molecule has 0 amide bonds. The molecule has 2 aliphatic heterocycles. The fourth-order valence-electron chi connectivity index (χ4n) is 4.83. The van der Waals surface area contributed by atoms with E-state index >= 15 is 0 Å². The Balaban J connectivity index is 0.949. The van der Waals surface area contributed by atoms with Crippen LogP contribution in [0.15, 0.2) is 165 Å². The highest BCUT2D eigenvalue weighted by atomic mass is 16.6. The van der Waals surface area contributed by atoms with E-state index in [-0.39, 0.29) is 23.2 Å². The van der Waals surface area contributed by atoms with Crippen molar-refractivity contribution in [2.45, 2.75) is 0 Å². The van der Waals surface area contributed by atoms with Gasteiger partial charge in [0.05, 0.1) is 11.4 Å². The Hall–Kier alpha value is -6.80. The van der Waals surface area contributed by atoms with E-state index in [1.54, 1.807) is 24.6 Å². The van der Waals surface area contributed by atoms with E-state index in [1.165, 1.54) is 0 Å². The van der Waals surface area contributed by atoms with Crippen LogP contribution >= 0.6 is 0 Å². The molecule has 0 radical (unpaired) electrons. The first-order valence-electron chi connectivity index (χ1n) is 15.1. The van der Waals surface area contributed by atoms with E-state index < -0.39 is 11.9 Å². The first kappa shape index (κ1) is 29.9. The monoisotopic (exact) mass is 626 g/mol. The molecular weight excluding hydrogens is 600 g/mol. The lowest BCUT2D eigenvalue weighted by atomic mass is 10.1. The standard InChI is InChI=1S/C40H26N4O4/c45-39-35(23-27-7-3-1-4-8-27)43-37(47-39)31-15-19-33(20-16-31)41-25-29-11-13-30(14-12-29)26-42-34-21-17-32(18-22-34)38-44-36(40(46)48-38)24-28-9-5-2-6-10-28/h1-26H/b35-23-,36-24-,41-25+,42-26+. The maximum absolute atomic E-state index is 12.3. The van der Waals surface area contributed by atoms with Crippen molar-refractivity contribution in [3.05, 3.63) is 178 Å². The number of carbonyl (C=O) groups is 2. The first-order chi connectivity index (χ1) is 23.6. The Labute approximate surface area is 276 Å². The van der Waals surface area contributed by atoms with Crippen molar-refractivity contribution in [2.75, 3.05) is 0 Å². The van der Waals surface area contributed by atoms with Crippen molar-refractivity contribution in [1.82, 2.24) is 0 Å². The molecule has 0 saturated carbocycles. The van der Waals surface area contributed by atoms with Crippen LogP contribution in [-0.4, -0.2) is 36.2 Å². The first-order valence-corrected chi connectivity index (χ1v) is 15.1. The van der Waals surface area contributed by atoms with Crippen LogP contribution < -0.4 is 0 Å². The number of cyclic esters (lactones) is 2. The summed E-state index contributed by atoms with van der Waals surface area (Å²) in [5, 5.41) is 0. The zero-order valence-electron chi connectivity index (χ0n) is 25.4. The summed E-state index contributed by atoms with van der Waals surface area (Å²) in [7, 11) is 0. The summed E-state index contributed by atoms with van der Waals surface area (Å²) >= 11 is 0. The second kappa shape index (κ2) is 13.7. The van der Waals surface area contributed by atoms with Crippen molar-refractivity contribution in [3.8, 4) is 0 Å². The number of carbonyl (C=O) groups excluding carboxylic acids is 2. The quantitative estimate of drug-likeness (QED) is 0.0993. The number of benzene rings is 5. The van der Waals surface area contributed by atoms with E-state index in [2.05, 4.69) is 20.0 Å². The molecule has 0 fully saturated rings. The van der Waals surface area contributed by atoms with Crippen LogP contribution in [0, 0.1) is 0 Å². The van der Waals surface area contributed by atoms with Crippen molar-refractivity contribution >= 4 is 59.7 Å². The van der Waals surface area contributed by atoms with Gasteiger partial charge < -0.3 is 9.47 Å². The van der Waals surface area contributed by atoms with Gasteiger partial charge in [-0.25, -0.2) is 19.6 Å². The van der Waals surface area contributed by atoms with Crippen molar-refractivity contribution < 1.29 is 19.1 Å². The van der Waals surface area contributed by atoms with E-state index in [0.29, 0.717) is 11.1 Å². The van der Waals surface area contributed by atoms with E-state index in [4.69, 9.17) is 9.47 Å². The Morgan fingerprint density at radius 2 is 0.812 bits per heavy atom. The average Bonchev–Trinajstić information content (AvgIpc) is 3.69. The molecule has 0 aromatic heterocycles. The van der Waals surface area contributed by atoms with Crippen molar-refractivity contribution in [1.29, 1.82) is 0 Å². The van der Waals surface area contributed by atoms with E-state index in [9.17, 15) is 9.59 Å². The van der Waals surface area contributed by atoms with Gasteiger partial charge in [0, 0.05) is 23.6 Å². The number of hydrogen-bond acceptors (Lipinski definition) is 8. The third kappa shape index (κ3) is 7.19. The highest BCUT2D eigenvalue weighted by Crippen LogP contribution is 2.23. The van der Waals surface area contributed by atoms with Gasteiger partial charge in [-0.05, 0) is 82.9 Å². The summed E-state index contributed by atoms with van der Waals surface area (Å²) in [5.74, 6) is -0.412. The molecule has 5 aromatic rings. The molecule has 0 atom stereocenters. The van der Waals surface area contributed by atoms with Crippen LogP contribution in [0.2, 0.25) is 0 Å². The highest BCUT2D eigenvalue weighted by molar-refractivity contribution is 6.13. The maximum atomic E-state index is 12.3. The van der Waals surface area contributed by atoms with Gasteiger partial charge in [0.25, 0.3) is 0 Å². The second-order valence-corrected chi connectivity index (χ2v) is 10.8. The van der Waals surface area contributed by atoms with E-state index in [1.807, 2.05) is 133 Å². The lowest BCUT2D eigenvalue weighted by Crippen LogP contribution is -2.05. The Bertz CT molecular complexity index is 2000. The maximum Gasteiger partial charge on any atom is 0.363 e. The molecule has 2 heterocycles. The average molecular weight is 627 g/mol. The van der Waals surface area contributed by atoms with Crippen LogP contribution in [0.1, 0.15) is 33.4 Å². The number of esters is 2. The fourth-order valence-corrected chi connectivity index (χ4v) is 4.83. The number of ether oxygens (including phenoxy) is 2. The van der Waals surface area contributed by atoms with Gasteiger partial charge in [-0.2, -0.15) is 0 Å². The molecule has 0 bridgehead atoms. The lowest BCUT2D eigenvalue weighted by Gasteiger charge is -2.01. The minimum Gasteiger partial charge on any atom is -0.402 e. The molecule has 0 saturated heterocycles. The zero-order valence-corrected chi connectivity index (χ0v) is 25.4. The van der Waals surface area contributed by atoms with Gasteiger partial charge in [0.1, 0.15) is 0 Å². The van der Waals surface area contributed by atoms with Crippen molar-refractivity contribution in [3.63, 3.8) is 0 Å². The lowest BCUT2D eigenvalue weighted by molar-refractivity contribution is -0.130. The van der Waals surface area contributed by atoms with Crippen LogP contribution in [0.4, 0.5) is 11.4 Å². The summed E-state index contributed by atoms with van der Waals surface area (Å²) in [6, 6.07) is 41.5. The summed E-state index contributed by atoms with van der Waals surface area (Å²) < 4.78 is 10.8. The SMILES string of the molecule is O=C1OC(c2ccc(/N=C/c3ccc(/C=N/c4ccc(C5=N/C(=C\c6ccccc6)C(=O)O5)cc4)cc3)cc2)=N/C1=C\c1ccccc1. The predicted octanol–water partition coefficient (Wildman–Crippen LogP) is 7.88. The molecule has 0 spiro atoms. The molecule has 0 unspecified atom stereocenters. The van der Waals surface area contributed by atoms with Crippen molar-refractivity contribution in [2.24, 2.45) is 20.0 Å². The molecule has 8 nitrogen and oxygen atoms in total. The van der Waals surface area contributed by atoms with Crippen LogP contribution in [0.5, 0.6) is 0 Å². The molecule has 48 heavy (non-hydrogen) atoms. The molecule has 2 aliphatic rings. The van der Waals surface area contributed by atoms with E-state index in [0.717, 1.165) is 33.6 Å². The Morgan fingerprint density at radius 1 is 0.438 bits per heavy atom. The van der Waals surface area contributed by atoms with Gasteiger partial charge in [0.15, 0.2) is 11.4 Å². The molecule has 230 valence electrons. The summed E-state index contributed by atoms with van der Waals surface area (Å²) in [4.78, 5) is 42.4. The topological polar surface area (TPSA) is 102 Å². The van der Waals surface area contributed by atoms with Gasteiger partial charge in [-0.1, -0.05) is 84.9 Å². The summed E-state index contributed by atoms with van der Waals surface area (Å²) in [6.07, 6.45) is 6.97. The predicted molar refractivity (Wildman–Crippen MR) is 188 cm³/mol. The molecule has 8 heteroatoms. The highest BCUT2D eigenvalue weighted by Gasteiger charge is 2.25. The number of rotatable bonds is 8. The van der Waals surface area contributed by atoms with Gasteiger partial charge in [-0.3, -0.25) is 9.98 Å². The minimum atomic E-state index is -0.475. The summed E-state index contributed by atoms with van der Waals surface area (Å²) in [6.45, 7) is 0. The molecule has 5 aromatic carbocycles. The van der Waals surface area contributed by atoms with Gasteiger partial charge in [0.2, 0.25) is 11.8 Å². The largest absolute Gasteiger partial charge is 0.402 e. The number of nitrogens with zero attached hydrogens (tertiary/aromatic N) is 4. The third-order valence-electron chi connectivity index (χ3n) is 7.34. The molecule has 7 rings (SSSR count). The molecular formula is C40H26N4O4. The second-order valence-electron chi connectivity index (χ2n) is 10.8.